The Morgan fingerprint density at radius 1 is 1.17 bits per heavy atom. The Morgan fingerprint density at radius 3 is 2.77 bits per heavy atom. The van der Waals surface area contributed by atoms with Crippen LogP contribution in [0.1, 0.15) is 47.4 Å². The first-order valence-corrected chi connectivity index (χ1v) is 11.3. The van der Waals surface area contributed by atoms with Crippen molar-refractivity contribution in [2.45, 2.75) is 31.3 Å². The molecule has 0 bridgehead atoms. The van der Waals surface area contributed by atoms with Gasteiger partial charge in [-0.15, -0.1) is 0 Å². The van der Waals surface area contributed by atoms with Crippen molar-refractivity contribution in [3.63, 3.8) is 0 Å². The van der Waals surface area contributed by atoms with E-state index in [1.54, 1.807) is 7.11 Å². The number of fused-ring (bicyclic) bond motifs is 4. The second kappa shape index (κ2) is 6.49. The maximum atomic E-state index is 11.2. The molecule has 1 fully saturated rings. The predicted molar refractivity (Wildman–Crippen MR) is 122 cm³/mol. The fourth-order valence-electron chi connectivity index (χ4n) is 4.75. The second-order valence-electron chi connectivity index (χ2n) is 8.09. The highest BCUT2D eigenvalue weighted by Crippen LogP contribution is 2.47. The van der Waals surface area contributed by atoms with Crippen molar-refractivity contribution in [3.8, 4) is 11.6 Å². The van der Waals surface area contributed by atoms with Crippen LogP contribution in [0.4, 0.5) is 0 Å². The fraction of sp³-hybridized carbons (Fsp3) is 0.261. The number of aromatic nitrogens is 3. The van der Waals surface area contributed by atoms with E-state index in [0.717, 1.165) is 45.5 Å². The minimum Gasteiger partial charge on any atom is -0.497 e. The molecule has 3 heterocycles. The summed E-state index contributed by atoms with van der Waals surface area (Å²) in [6.07, 6.45) is 2.77. The zero-order chi connectivity index (χ0) is 20.6. The minimum absolute atomic E-state index is 0.150. The van der Waals surface area contributed by atoms with Gasteiger partial charge in [0.2, 0.25) is 5.88 Å². The summed E-state index contributed by atoms with van der Waals surface area (Å²) in [4.78, 5) is 3.65. The molecule has 2 aliphatic rings. The molecular formula is C23H20BrN3O2S. The lowest BCUT2D eigenvalue weighted by atomic mass is 9.93. The summed E-state index contributed by atoms with van der Waals surface area (Å²) in [5.41, 5.74) is 5.37. The molecule has 1 aliphatic carbocycles. The largest absolute Gasteiger partial charge is 0.497 e. The number of benzene rings is 2. The molecule has 6 rings (SSSR count). The van der Waals surface area contributed by atoms with Crippen LogP contribution in [0, 0.1) is 4.77 Å². The van der Waals surface area contributed by atoms with Crippen molar-refractivity contribution in [3.05, 3.63) is 74.2 Å². The molecule has 0 saturated heterocycles. The Balaban J connectivity index is 1.67. The monoisotopic (exact) mass is 481 g/mol. The number of nitrogens with zero attached hydrogens (tertiary/aromatic N) is 2. The fourth-order valence-corrected chi connectivity index (χ4v) is 5.56. The molecule has 1 atom stereocenters. The normalized spacial score (nSPS) is 17.7. The van der Waals surface area contributed by atoms with Crippen molar-refractivity contribution in [1.82, 2.24) is 14.1 Å². The molecule has 0 amide bonds. The quantitative estimate of drug-likeness (QED) is 0.317. The molecule has 2 aromatic heterocycles. The summed E-state index contributed by atoms with van der Waals surface area (Å²) in [7, 11) is 1.68. The first kappa shape index (κ1) is 18.3. The van der Waals surface area contributed by atoms with Gasteiger partial charge in [0.05, 0.1) is 12.8 Å². The van der Waals surface area contributed by atoms with Gasteiger partial charge >= 0.3 is 0 Å². The molecule has 152 valence electrons. The lowest BCUT2D eigenvalue weighted by Crippen LogP contribution is -2.21. The molecule has 0 radical (unpaired) electrons. The van der Waals surface area contributed by atoms with E-state index in [1.165, 1.54) is 10.9 Å². The molecule has 30 heavy (non-hydrogen) atoms. The highest BCUT2D eigenvalue weighted by Gasteiger charge is 2.37. The van der Waals surface area contributed by atoms with E-state index >= 15 is 0 Å². The lowest BCUT2D eigenvalue weighted by Gasteiger charge is -2.27. The number of hydrogen-bond acceptors (Lipinski definition) is 3. The number of H-pyrrole nitrogens is 1. The zero-order valence-electron chi connectivity index (χ0n) is 16.4. The van der Waals surface area contributed by atoms with E-state index in [4.69, 9.17) is 17.0 Å². The summed E-state index contributed by atoms with van der Waals surface area (Å²) >= 11 is 9.51. The van der Waals surface area contributed by atoms with Crippen molar-refractivity contribution < 1.29 is 9.84 Å². The van der Waals surface area contributed by atoms with Gasteiger partial charge in [-0.25, -0.2) is 0 Å². The van der Waals surface area contributed by atoms with Crippen molar-refractivity contribution in [2.24, 2.45) is 0 Å². The topological polar surface area (TPSA) is 55.1 Å². The minimum atomic E-state index is -0.150. The molecule has 0 spiro atoms. The van der Waals surface area contributed by atoms with Crippen molar-refractivity contribution >= 4 is 39.1 Å². The van der Waals surface area contributed by atoms with E-state index < -0.39 is 0 Å². The third-order valence-corrected chi connectivity index (χ3v) is 7.17. The van der Waals surface area contributed by atoms with Crippen LogP contribution in [0.15, 0.2) is 46.9 Å². The Hall–Kier alpha value is -2.51. The van der Waals surface area contributed by atoms with Crippen LogP contribution < -0.4 is 4.74 Å². The first-order chi connectivity index (χ1) is 14.6. The highest BCUT2D eigenvalue weighted by molar-refractivity contribution is 9.10. The third-order valence-electron chi connectivity index (χ3n) is 6.29. The Kier molecular flexibility index (Phi) is 3.95. The molecule has 5 nitrogen and oxygen atoms in total. The Morgan fingerprint density at radius 2 is 2.00 bits per heavy atom. The summed E-state index contributed by atoms with van der Waals surface area (Å²) in [6, 6.07) is 14.5. The summed E-state index contributed by atoms with van der Waals surface area (Å²) < 4.78 is 11.3. The predicted octanol–water partition coefficient (Wildman–Crippen LogP) is 5.85. The van der Waals surface area contributed by atoms with Gasteiger partial charge in [0, 0.05) is 33.5 Å². The van der Waals surface area contributed by atoms with Gasteiger partial charge in [0.25, 0.3) is 0 Å². The van der Waals surface area contributed by atoms with Crippen molar-refractivity contribution in [2.75, 3.05) is 7.11 Å². The number of rotatable bonds is 3. The second-order valence-corrected chi connectivity index (χ2v) is 9.37. The summed E-state index contributed by atoms with van der Waals surface area (Å²) in [5, 5.41) is 12.3. The Labute approximate surface area is 187 Å². The number of nitrogens with one attached hydrogen (secondary N) is 1. The van der Waals surface area contributed by atoms with Crippen LogP contribution in [0.3, 0.4) is 0 Å². The molecular weight excluding hydrogens is 462 g/mol. The lowest BCUT2D eigenvalue weighted by molar-refractivity contribution is 0.411. The van der Waals surface area contributed by atoms with E-state index in [9.17, 15) is 5.11 Å². The van der Waals surface area contributed by atoms with Crippen LogP contribution in [0.5, 0.6) is 11.6 Å². The highest BCUT2D eigenvalue weighted by atomic mass is 79.9. The summed E-state index contributed by atoms with van der Waals surface area (Å²) in [6.45, 7) is 0. The molecule has 1 unspecified atom stereocenters. The van der Waals surface area contributed by atoms with E-state index in [0.29, 0.717) is 23.1 Å². The van der Waals surface area contributed by atoms with Gasteiger partial charge < -0.3 is 19.4 Å². The van der Waals surface area contributed by atoms with Crippen LogP contribution in [-0.4, -0.2) is 26.3 Å². The van der Waals surface area contributed by atoms with Crippen LogP contribution in [0.25, 0.3) is 10.9 Å². The zero-order valence-corrected chi connectivity index (χ0v) is 18.8. The van der Waals surface area contributed by atoms with E-state index in [-0.39, 0.29) is 6.04 Å². The van der Waals surface area contributed by atoms with Crippen LogP contribution in [0.2, 0.25) is 0 Å². The number of aromatic amines is 1. The standard InChI is InChI=1S/C23H20BrN3O2S/c1-29-15-4-2-3-12(9-15)21-20-17(16-10-13(24)5-8-18(16)25-20)11-19-22(28)26(14-6-7-14)23(30)27(19)21/h2-5,8-10,14,21,25,28H,6-7,11H2,1H3. The van der Waals surface area contributed by atoms with E-state index in [2.05, 4.69) is 49.7 Å². The van der Waals surface area contributed by atoms with Gasteiger partial charge in [-0.05, 0) is 66.5 Å². The number of aromatic hydroxyl groups is 1. The molecule has 1 saturated carbocycles. The number of hydrogen-bond donors (Lipinski definition) is 2. The van der Waals surface area contributed by atoms with E-state index in [1.807, 2.05) is 22.8 Å². The van der Waals surface area contributed by atoms with Gasteiger partial charge in [-0.2, -0.15) is 0 Å². The molecule has 2 aromatic carbocycles. The molecule has 4 aromatic rings. The number of methoxy groups -OCH3 is 1. The SMILES string of the molecule is COc1cccc(C2c3[nH]c4ccc(Br)cc4c3Cc3c(O)n(C4CC4)c(=S)n32)c1. The Bertz CT molecular complexity index is 1380. The molecule has 2 N–H and O–H groups in total. The molecule has 1 aliphatic heterocycles. The molecule has 7 heteroatoms. The number of halogens is 1. The first-order valence-electron chi connectivity index (χ1n) is 10.1. The maximum absolute atomic E-state index is 11.2. The average Bonchev–Trinajstić information content (AvgIpc) is 3.47. The van der Waals surface area contributed by atoms with Gasteiger partial charge in [-0.3, -0.25) is 4.57 Å². The van der Waals surface area contributed by atoms with Crippen molar-refractivity contribution in [1.29, 1.82) is 0 Å². The van der Waals surface area contributed by atoms with Crippen LogP contribution in [-0.2, 0) is 6.42 Å². The summed E-state index contributed by atoms with van der Waals surface area (Å²) in [5.74, 6) is 1.11. The van der Waals surface area contributed by atoms with Gasteiger partial charge in [0.1, 0.15) is 11.8 Å². The number of ether oxygens (including phenoxy) is 1. The smallest absolute Gasteiger partial charge is 0.214 e. The van der Waals surface area contributed by atoms with Crippen LogP contribution >= 0.6 is 28.1 Å². The third kappa shape index (κ3) is 2.55. The van der Waals surface area contributed by atoms with Gasteiger partial charge in [0.15, 0.2) is 4.77 Å². The average molecular weight is 482 g/mol. The number of imidazole rings is 1. The van der Waals surface area contributed by atoms with Gasteiger partial charge in [-0.1, -0.05) is 28.1 Å². The maximum Gasteiger partial charge on any atom is 0.214 e.